The third kappa shape index (κ3) is 10.5. The topological polar surface area (TPSA) is 173 Å². The van der Waals surface area contributed by atoms with Gasteiger partial charge in [-0.25, -0.2) is 4.79 Å². The van der Waals surface area contributed by atoms with Gasteiger partial charge in [-0.1, -0.05) is 36.4 Å². The van der Waals surface area contributed by atoms with Gasteiger partial charge in [0.15, 0.2) is 0 Å². The van der Waals surface area contributed by atoms with Crippen LogP contribution in [0.1, 0.15) is 17.5 Å². The Morgan fingerprint density at radius 3 is 1.90 bits per heavy atom. The highest BCUT2D eigenvalue weighted by Crippen LogP contribution is 2.20. The number of benzene rings is 2. The molecule has 6 N–H and O–H groups in total. The first-order chi connectivity index (χ1) is 24.8. The molecule has 0 saturated heterocycles. The predicted molar refractivity (Wildman–Crippen MR) is 203 cm³/mol. The molecule has 0 aliphatic rings. The fourth-order valence-corrected chi connectivity index (χ4v) is 6.26. The maximum atomic E-state index is 14.0. The number of rotatable bonds is 19. The molecule has 0 saturated carbocycles. The summed E-state index contributed by atoms with van der Waals surface area (Å²) in [6.07, 6.45) is 8.66. The number of carbonyl (C=O) groups excluding carboxylic acids is 4. The normalized spacial score (nSPS) is 11.0. The number of fused-ring (bicyclic) bond motifs is 2. The van der Waals surface area contributed by atoms with Crippen LogP contribution in [0, 0.1) is 0 Å². The Balaban J connectivity index is 1.29. The van der Waals surface area contributed by atoms with E-state index in [4.69, 9.17) is 5.73 Å². The summed E-state index contributed by atoms with van der Waals surface area (Å²) in [6, 6.07) is 18.8. The maximum Gasteiger partial charge on any atom is 0.312 e. The SMILES string of the molecule is NC(=O)NCCCN(CC(=O)N(CCS)CCc1c[nH]c2ccccc12)C(=O)CN(CCc1c[nH]c2ccccc12)C(=O)CNc1cccnc1. The van der Waals surface area contributed by atoms with Crippen molar-refractivity contribution in [3.63, 3.8) is 0 Å². The van der Waals surface area contributed by atoms with Crippen LogP contribution in [0.4, 0.5) is 10.5 Å². The van der Waals surface area contributed by atoms with Crippen molar-refractivity contribution in [3.05, 3.63) is 96.6 Å². The van der Waals surface area contributed by atoms with Crippen LogP contribution in [0.2, 0.25) is 0 Å². The maximum absolute atomic E-state index is 14.0. The van der Waals surface area contributed by atoms with Crippen molar-refractivity contribution in [1.82, 2.24) is 35.0 Å². The first-order valence-electron chi connectivity index (χ1n) is 17.0. The quantitative estimate of drug-likeness (QED) is 0.0566. The Bertz CT molecular complexity index is 1910. The van der Waals surface area contributed by atoms with Crippen molar-refractivity contribution < 1.29 is 19.2 Å². The fraction of sp³-hybridized carbons (Fsp3) is 0.324. The number of nitrogens with one attached hydrogen (secondary N) is 4. The highest BCUT2D eigenvalue weighted by molar-refractivity contribution is 7.80. The lowest BCUT2D eigenvalue weighted by Gasteiger charge is -2.30. The van der Waals surface area contributed by atoms with Gasteiger partial charge < -0.3 is 41.0 Å². The molecule has 5 rings (SSSR count). The zero-order chi connectivity index (χ0) is 36.0. The summed E-state index contributed by atoms with van der Waals surface area (Å²) in [5, 5.41) is 7.79. The molecule has 0 fully saturated rings. The molecule has 14 heteroatoms. The van der Waals surface area contributed by atoms with Gasteiger partial charge in [-0.3, -0.25) is 19.4 Å². The molecule has 3 heterocycles. The number of thiol groups is 1. The average Bonchev–Trinajstić information content (AvgIpc) is 3.76. The minimum atomic E-state index is -0.670. The minimum Gasteiger partial charge on any atom is -0.375 e. The first kappa shape index (κ1) is 36.8. The lowest BCUT2D eigenvalue weighted by molar-refractivity contribution is -0.143. The summed E-state index contributed by atoms with van der Waals surface area (Å²) >= 11 is 4.40. The van der Waals surface area contributed by atoms with Gasteiger partial charge in [-0.2, -0.15) is 12.6 Å². The highest BCUT2D eigenvalue weighted by Gasteiger charge is 2.25. The number of para-hydroxylation sites is 2. The number of anilines is 1. The van der Waals surface area contributed by atoms with E-state index in [1.807, 2.05) is 67.0 Å². The summed E-state index contributed by atoms with van der Waals surface area (Å²) in [5.74, 6) is -0.423. The van der Waals surface area contributed by atoms with Gasteiger partial charge in [0.05, 0.1) is 25.3 Å². The standard InChI is InChI=1S/C37H45N9O4S/c38-37(50)40-15-6-16-45(25-35(48)44(19-20-51)17-12-27-21-42-32-10-3-1-8-30(27)32)36(49)26-46(34(47)24-41-29-7-5-14-39-23-29)18-13-28-22-43-33-11-4-2-9-31(28)33/h1-5,7-11,14,21-23,41-43,51H,6,12-13,15-20,24-26H2,(H3,38,40,50). The summed E-state index contributed by atoms with van der Waals surface area (Å²) in [5.41, 5.74) is 10.1. The Kier molecular flexibility index (Phi) is 13.3. The second-order valence-corrected chi connectivity index (χ2v) is 12.6. The monoisotopic (exact) mass is 711 g/mol. The van der Waals surface area contributed by atoms with Crippen LogP contribution in [0.15, 0.2) is 85.5 Å². The van der Waals surface area contributed by atoms with E-state index >= 15 is 0 Å². The highest BCUT2D eigenvalue weighted by atomic mass is 32.1. The molecule has 13 nitrogen and oxygen atoms in total. The molecule has 5 aromatic rings. The number of aromatic nitrogens is 3. The summed E-state index contributed by atoms with van der Waals surface area (Å²) < 4.78 is 0. The molecule has 2 aromatic carbocycles. The second kappa shape index (κ2) is 18.5. The van der Waals surface area contributed by atoms with E-state index in [0.717, 1.165) is 32.9 Å². The van der Waals surface area contributed by atoms with Crippen LogP contribution in [-0.2, 0) is 27.2 Å². The number of amides is 5. The molecular weight excluding hydrogens is 667 g/mol. The fourth-order valence-electron chi connectivity index (χ4n) is 6.02. The Morgan fingerprint density at radius 1 is 0.725 bits per heavy atom. The predicted octanol–water partition coefficient (Wildman–Crippen LogP) is 3.42. The van der Waals surface area contributed by atoms with Crippen LogP contribution in [0.5, 0.6) is 0 Å². The molecule has 51 heavy (non-hydrogen) atoms. The number of pyridine rings is 1. The van der Waals surface area contributed by atoms with Gasteiger partial charge in [-0.05, 0) is 54.7 Å². The molecule has 0 unspecified atom stereocenters. The Labute approximate surface area is 302 Å². The number of hydrogen-bond acceptors (Lipinski definition) is 7. The minimum absolute atomic E-state index is 0.0438. The molecule has 5 amide bonds. The zero-order valence-electron chi connectivity index (χ0n) is 28.5. The Morgan fingerprint density at radius 2 is 1.31 bits per heavy atom. The number of aromatic amines is 2. The van der Waals surface area contributed by atoms with E-state index in [1.54, 1.807) is 23.4 Å². The van der Waals surface area contributed by atoms with Crippen molar-refractivity contribution >= 4 is 63.9 Å². The second-order valence-electron chi connectivity index (χ2n) is 12.2. The Hall–Kier alpha value is -5.50. The van der Waals surface area contributed by atoms with Crippen molar-refractivity contribution in [3.8, 4) is 0 Å². The lowest BCUT2D eigenvalue weighted by Crippen LogP contribution is -2.49. The van der Waals surface area contributed by atoms with E-state index in [1.165, 1.54) is 9.80 Å². The molecule has 268 valence electrons. The number of H-pyrrole nitrogens is 2. The molecule has 3 aromatic heterocycles. The average molecular weight is 712 g/mol. The molecule has 0 atom stereocenters. The van der Waals surface area contributed by atoms with Gasteiger partial charge >= 0.3 is 6.03 Å². The molecule has 0 radical (unpaired) electrons. The zero-order valence-corrected chi connectivity index (χ0v) is 29.4. The molecule has 0 bridgehead atoms. The van der Waals surface area contributed by atoms with E-state index in [-0.39, 0.29) is 57.0 Å². The van der Waals surface area contributed by atoms with E-state index in [2.05, 4.69) is 38.2 Å². The third-order valence-electron chi connectivity index (χ3n) is 8.74. The van der Waals surface area contributed by atoms with Crippen LogP contribution in [-0.4, -0.2) is 112 Å². The van der Waals surface area contributed by atoms with Gasteiger partial charge in [0.1, 0.15) is 0 Å². The summed E-state index contributed by atoms with van der Waals surface area (Å²) in [7, 11) is 0. The number of urea groups is 1. The lowest BCUT2D eigenvalue weighted by atomic mass is 10.1. The van der Waals surface area contributed by atoms with E-state index in [0.29, 0.717) is 43.8 Å². The van der Waals surface area contributed by atoms with Crippen LogP contribution < -0.4 is 16.4 Å². The van der Waals surface area contributed by atoms with Crippen molar-refractivity contribution in [2.75, 3.05) is 63.4 Å². The summed E-state index contributed by atoms with van der Waals surface area (Å²) in [6.45, 7) is 1.09. The van der Waals surface area contributed by atoms with E-state index in [9.17, 15) is 19.2 Å². The molecular formula is C37H45N9O4S. The first-order valence-corrected chi connectivity index (χ1v) is 17.7. The van der Waals surface area contributed by atoms with Crippen LogP contribution >= 0.6 is 12.6 Å². The number of hydrogen-bond donors (Lipinski definition) is 6. The molecule has 0 spiro atoms. The van der Waals surface area contributed by atoms with Crippen molar-refractivity contribution in [1.29, 1.82) is 0 Å². The van der Waals surface area contributed by atoms with Gasteiger partial charge in [-0.15, -0.1) is 0 Å². The molecule has 0 aliphatic heterocycles. The molecule has 0 aliphatic carbocycles. The van der Waals surface area contributed by atoms with Crippen molar-refractivity contribution in [2.45, 2.75) is 19.3 Å². The third-order valence-corrected chi connectivity index (χ3v) is 8.94. The smallest absolute Gasteiger partial charge is 0.312 e. The largest absolute Gasteiger partial charge is 0.375 e. The number of carbonyl (C=O) groups is 4. The number of primary amides is 1. The van der Waals surface area contributed by atoms with Crippen LogP contribution in [0.25, 0.3) is 21.8 Å². The number of nitrogens with two attached hydrogens (primary N) is 1. The van der Waals surface area contributed by atoms with Crippen molar-refractivity contribution in [2.24, 2.45) is 5.73 Å². The van der Waals surface area contributed by atoms with Gasteiger partial charge in [0, 0.05) is 85.1 Å². The summed E-state index contributed by atoms with van der Waals surface area (Å²) in [4.78, 5) is 68.1. The number of nitrogens with zero attached hydrogens (tertiary/aromatic N) is 4. The van der Waals surface area contributed by atoms with Crippen LogP contribution in [0.3, 0.4) is 0 Å². The van der Waals surface area contributed by atoms with E-state index < -0.39 is 6.03 Å². The van der Waals surface area contributed by atoms with Gasteiger partial charge in [0.2, 0.25) is 17.7 Å². The van der Waals surface area contributed by atoms with Gasteiger partial charge in [0.25, 0.3) is 0 Å².